The maximum atomic E-state index is 7.15. The van der Waals surface area contributed by atoms with Crippen molar-refractivity contribution < 1.29 is 0 Å². The van der Waals surface area contributed by atoms with Crippen molar-refractivity contribution in [3.63, 3.8) is 0 Å². The number of aromatic nitrogens is 2. The van der Waals surface area contributed by atoms with Crippen LogP contribution in [0.4, 0.5) is 5.69 Å². The maximum absolute atomic E-state index is 7.15. The van der Waals surface area contributed by atoms with E-state index in [4.69, 9.17) is 6.57 Å². The highest BCUT2D eigenvalue weighted by atomic mass is 15.0. The number of imidazole rings is 1. The van der Waals surface area contributed by atoms with Crippen LogP contribution < -0.4 is 0 Å². The van der Waals surface area contributed by atoms with Crippen LogP contribution in [0.25, 0.3) is 21.3 Å². The van der Waals surface area contributed by atoms with Crippen LogP contribution in [0.15, 0.2) is 42.9 Å². The lowest BCUT2D eigenvalue weighted by molar-refractivity contribution is 1.21. The number of hydrogen-bond acceptors (Lipinski definition) is 1. The molecule has 2 heterocycles. The van der Waals surface area contributed by atoms with E-state index < -0.39 is 0 Å². The van der Waals surface area contributed by atoms with Gasteiger partial charge < -0.3 is 4.40 Å². The largest absolute Gasteiger partial charge is 0.317 e. The Balaban J connectivity index is 2.66. The fourth-order valence-corrected chi connectivity index (χ4v) is 1.82. The molecule has 2 aromatic heterocycles. The van der Waals surface area contributed by atoms with Crippen LogP contribution in [0.2, 0.25) is 0 Å². The molecule has 0 saturated heterocycles. The van der Waals surface area contributed by atoms with E-state index in [1.165, 1.54) is 0 Å². The molecule has 3 heteroatoms. The van der Waals surface area contributed by atoms with Gasteiger partial charge in [0.15, 0.2) is 0 Å². The molecule has 0 N–H and O–H groups in total. The first-order valence-corrected chi connectivity index (χ1v) is 4.62. The Kier molecular flexibility index (Phi) is 1.51. The quantitative estimate of drug-likeness (QED) is 0.503. The lowest BCUT2D eigenvalue weighted by Gasteiger charge is -2.02. The monoisotopic (exact) mass is 193 g/mol. The second-order valence-electron chi connectivity index (χ2n) is 3.33. The minimum Gasteiger partial charge on any atom is -0.317 e. The lowest BCUT2D eigenvalue weighted by Crippen LogP contribution is -1.84. The highest BCUT2D eigenvalue weighted by molar-refractivity contribution is 6.01. The summed E-state index contributed by atoms with van der Waals surface area (Å²) in [4.78, 5) is 7.81. The normalized spacial score (nSPS) is 10.6. The molecule has 3 rings (SSSR count). The summed E-state index contributed by atoms with van der Waals surface area (Å²) < 4.78 is 1.88. The van der Waals surface area contributed by atoms with Crippen LogP contribution in [-0.2, 0) is 0 Å². The summed E-state index contributed by atoms with van der Waals surface area (Å²) in [5.41, 5.74) is 1.56. The minimum absolute atomic E-state index is 0.663. The predicted octanol–water partition coefficient (Wildman–Crippen LogP) is 3.04. The topological polar surface area (TPSA) is 21.7 Å². The summed E-state index contributed by atoms with van der Waals surface area (Å²) in [6.45, 7) is 7.15. The second-order valence-corrected chi connectivity index (χ2v) is 3.33. The third-order valence-corrected chi connectivity index (χ3v) is 2.49. The summed E-state index contributed by atoms with van der Waals surface area (Å²) in [6, 6.07) is 7.85. The van der Waals surface area contributed by atoms with E-state index in [-0.39, 0.29) is 0 Å². The summed E-state index contributed by atoms with van der Waals surface area (Å²) in [5, 5.41) is 1.99. The van der Waals surface area contributed by atoms with Crippen molar-refractivity contribution in [1.82, 2.24) is 9.38 Å². The third kappa shape index (κ3) is 1.02. The molecule has 3 aromatic rings. The van der Waals surface area contributed by atoms with Gasteiger partial charge >= 0.3 is 0 Å². The van der Waals surface area contributed by atoms with Gasteiger partial charge in [-0.2, -0.15) is 0 Å². The molecular weight excluding hydrogens is 186 g/mol. The average molecular weight is 193 g/mol. The molecule has 0 bridgehead atoms. The van der Waals surface area contributed by atoms with Crippen LogP contribution in [-0.4, -0.2) is 9.38 Å². The Hall–Kier alpha value is -2.34. The SMILES string of the molecule is [C-]#[N+]c1cn2ccnc2c2ccccc12. The minimum atomic E-state index is 0.663. The zero-order chi connectivity index (χ0) is 10.3. The van der Waals surface area contributed by atoms with Crippen LogP contribution in [0.3, 0.4) is 0 Å². The van der Waals surface area contributed by atoms with Crippen LogP contribution in [0.5, 0.6) is 0 Å². The molecule has 0 saturated carbocycles. The molecule has 15 heavy (non-hydrogen) atoms. The van der Waals surface area contributed by atoms with Gasteiger partial charge in [-0.25, -0.2) is 9.83 Å². The van der Waals surface area contributed by atoms with E-state index in [2.05, 4.69) is 9.83 Å². The Labute approximate surface area is 86.4 Å². The first-order chi connectivity index (χ1) is 7.40. The summed E-state index contributed by atoms with van der Waals surface area (Å²) in [7, 11) is 0. The third-order valence-electron chi connectivity index (χ3n) is 2.49. The van der Waals surface area contributed by atoms with E-state index in [1.807, 2.05) is 41.1 Å². The molecule has 0 radical (unpaired) electrons. The first kappa shape index (κ1) is 8.01. The lowest BCUT2D eigenvalue weighted by atomic mass is 10.1. The number of pyridine rings is 1. The van der Waals surface area contributed by atoms with Crippen molar-refractivity contribution in [1.29, 1.82) is 0 Å². The van der Waals surface area contributed by atoms with Crippen LogP contribution in [0, 0.1) is 6.57 Å². The Morgan fingerprint density at radius 3 is 2.80 bits per heavy atom. The van der Waals surface area contributed by atoms with Gasteiger partial charge in [-0.15, -0.1) is 0 Å². The Morgan fingerprint density at radius 2 is 2.00 bits per heavy atom. The van der Waals surface area contributed by atoms with Gasteiger partial charge in [0.25, 0.3) is 0 Å². The summed E-state index contributed by atoms with van der Waals surface area (Å²) >= 11 is 0. The van der Waals surface area contributed by atoms with Gasteiger partial charge in [-0.05, 0) is 5.39 Å². The number of nitrogens with zero attached hydrogens (tertiary/aromatic N) is 3. The predicted molar refractivity (Wildman–Crippen MR) is 59.0 cm³/mol. The molecule has 70 valence electrons. The number of hydrogen-bond donors (Lipinski definition) is 0. The molecular formula is C12H7N3. The molecule has 1 aromatic carbocycles. The fourth-order valence-electron chi connectivity index (χ4n) is 1.82. The molecule has 0 atom stereocenters. The van der Waals surface area contributed by atoms with Crippen molar-refractivity contribution in [2.24, 2.45) is 0 Å². The van der Waals surface area contributed by atoms with Gasteiger partial charge in [-0.3, -0.25) is 0 Å². The highest BCUT2D eigenvalue weighted by Crippen LogP contribution is 2.28. The van der Waals surface area contributed by atoms with Gasteiger partial charge in [0.1, 0.15) is 5.65 Å². The van der Waals surface area contributed by atoms with Crippen molar-refractivity contribution in [3.05, 3.63) is 54.3 Å². The number of fused-ring (bicyclic) bond motifs is 3. The van der Waals surface area contributed by atoms with E-state index in [0.717, 1.165) is 16.4 Å². The van der Waals surface area contributed by atoms with E-state index in [1.54, 1.807) is 6.20 Å². The molecule has 0 aliphatic heterocycles. The highest BCUT2D eigenvalue weighted by Gasteiger charge is 2.05. The fraction of sp³-hybridized carbons (Fsp3) is 0. The molecule has 0 amide bonds. The summed E-state index contributed by atoms with van der Waals surface area (Å²) in [5.74, 6) is 0. The van der Waals surface area contributed by atoms with Crippen molar-refractivity contribution in [2.45, 2.75) is 0 Å². The Bertz CT molecular complexity index is 689. The molecule has 0 spiro atoms. The van der Waals surface area contributed by atoms with Gasteiger partial charge in [-0.1, -0.05) is 24.3 Å². The molecule has 0 aliphatic rings. The molecule has 0 aliphatic carbocycles. The van der Waals surface area contributed by atoms with Crippen molar-refractivity contribution in [2.75, 3.05) is 0 Å². The van der Waals surface area contributed by atoms with Gasteiger partial charge in [0, 0.05) is 24.0 Å². The molecule has 3 nitrogen and oxygen atoms in total. The zero-order valence-electron chi connectivity index (χ0n) is 7.88. The second kappa shape index (κ2) is 2.82. The summed E-state index contributed by atoms with van der Waals surface area (Å²) in [6.07, 6.45) is 5.42. The van der Waals surface area contributed by atoms with E-state index in [9.17, 15) is 0 Å². The average Bonchev–Trinajstić information content (AvgIpc) is 2.76. The first-order valence-electron chi connectivity index (χ1n) is 4.62. The van der Waals surface area contributed by atoms with E-state index >= 15 is 0 Å². The van der Waals surface area contributed by atoms with Gasteiger partial charge in [0.2, 0.25) is 5.69 Å². The smallest absolute Gasteiger partial charge is 0.211 e. The molecule has 0 fully saturated rings. The van der Waals surface area contributed by atoms with Crippen LogP contribution in [0.1, 0.15) is 0 Å². The zero-order valence-corrected chi connectivity index (χ0v) is 7.88. The molecule has 0 unspecified atom stereocenters. The van der Waals surface area contributed by atoms with Crippen molar-refractivity contribution in [3.8, 4) is 0 Å². The van der Waals surface area contributed by atoms with E-state index in [0.29, 0.717) is 5.69 Å². The Morgan fingerprint density at radius 1 is 1.20 bits per heavy atom. The number of rotatable bonds is 0. The van der Waals surface area contributed by atoms with Crippen molar-refractivity contribution >= 4 is 22.1 Å². The van der Waals surface area contributed by atoms with Crippen LogP contribution >= 0.6 is 0 Å². The number of benzene rings is 1. The maximum Gasteiger partial charge on any atom is 0.211 e. The van der Waals surface area contributed by atoms with Gasteiger partial charge in [0.05, 0.1) is 6.57 Å². The standard InChI is InChI=1S/C12H7N3/c1-13-11-8-15-7-6-14-12(15)10-5-3-2-4-9(10)11/h2-8H.